The maximum atomic E-state index is 13.4. The highest BCUT2D eigenvalue weighted by molar-refractivity contribution is 7.90. The second-order valence-electron chi connectivity index (χ2n) is 9.78. The highest BCUT2D eigenvalue weighted by Gasteiger charge is 2.58. The zero-order valence-corrected chi connectivity index (χ0v) is 21.4. The molecule has 1 heterocycles. The third-order valence-corrected chi connectivity index (χ3v) is 8.16. The van der Waals surface area contributed by atoms with Gasteiger partial charge in [0.25, 0.3) is 11.8 Å². The van der Waals surface area contributed by atoms with Gasteiger partial charge in [-0.2, -0.15) is 18.2 Å². The summed E-state index contributed by atoms with van der Waals surface area (Å²) in [6.07, 6.45) is -3.74. The number of methoxy groups -OCH3 is 1. The lowest BCUT2D eigenvalue weighted by Crippen LogP contribution is -2.37. The number of nitrogens with zero attached hydrogens (tertiary/aromatic N) is 3. The molecule has 2 fully saturated rings. The van der Waals surface area contributed by atoms with E-state index in [-0.39, 0.29) is 28.7 Å². The molecule has 1 amide bonds. The average Bonchev–Trinajstić information content (AvgIpc) is 3.66. The van der Waals surface area contributed by atoms with Crippen LogP contribution in [0.5, 0.6) is 5.75 Å². The van der Waals surface area contributed by atoms with Gasteiger partial charge in [0.05, 0.1) is 15.9 Å². The second kappa shape index (κ2) is 8.72. The van der Waals surface area contributed by atoms with Gasteiger partial charge in [-0.1, -0.05) is 12.1 Å². The van der Waals surface area contributed by atoms with Crippen LogP contribution >= 0.6 is 0 Å². The van der Waals surface area contributed by atoms with E-state index in [0.29, 0.717) is 18.1 Å². The molecule has 3 atom stereocenters. The van der Waals surface area contributed by atoms with Gasteiger partial charge in [0.15, 0.2) is 21.8 Å². The van der Waals surface area contributed by atoms with Crippen LogP contribution in [0.15, 0.2) is 27.6 Å². The molecule has 0 bridgehead atoms. The minimum Gasteiger partial charge on any atom is -0.480 e. The fourth-order valence-corrected chi connectivity index (χ4v) is 4.93. The number of rotatable bonds is 9. The minimum atomic E-state index is -4.67. The molecular formula is C23H28F3N3O6S. The lowest BCUT2D eigenvalue weighted by atomic mass is 10.0. The molecular weight excluding hydrogens is 503 g/mol. The van der Waals surface area contributed by atoms with Crippen LogP contribution < -0.4 is 4.74 Å². The number of amides is 1. The van der Waals surface area contributed by atoms with Crippen LogP contribution in [-0.2, 0) is 25.6 Å². The van der Waals surface area contributed by atoms with Crippen LogP contribution in [0.4, 0.5) is 13.2 Å². The van der Waals surface area contributed by atoms with Crippen molar-refractivity contribution >= 4 is 15.7 Å². The number of hydrogen-bond acceptors (Lipinski definition) is 8. The number of carbonyl (C=O) groups is 1. The van der Waals surface area contributed by atoms with Crippen molar-refractivity contribution in [1.29, 1.82) is 0 Å². The predicted octanol–water partition coefficient (Wildman–Crippen LogP) is 3.49. The Labute approximate surface area is 206 Å². The summed E-state index contributed by atoms with van der Waals surface area (Å²) >= 11 is 0. The Hall–Kier alpha value is -2.67. The number of ether oxygens (including phenoxy) is 2. The van der Waals surface area contributed by atoms with E-state index in [2.05, 4.69) is 10.1 Å². The number of carbonyl (C=O) groups excluding carboxylic acids is 1. The van der Waals surface area contributed by atoms with Crippen LogP contribution in [0, 0.1) is 5.92 Å². The fraction of sp³-hybridized carbons (Fsp3) is 0.609. The Morgan fingerprint density at radius 3 is 2.47 bits per heavy atom. The molecule has 13 heteroatoms. The molecule has 2 aliphatic rings. The Balaban J connectivity index is 1.62. The van der Waals surface area contributed by atoms with Gasteiger partial charge in [-0.15, -0.1) is 0 Å². The van der Waals surface area contributed by atoms with E-state index in [1.807, 2.05) is 6.92 Å². The summed E-state index contributed by atoms with van der Waals surface area (Å²) in [6.45, 7) is 2.93. The quantitative estimate of drug-likeness (QED) is 0.484. The molecule has 0 N–H and O–H groups in total. The smallest absolute Gasteiger partial charge is 0.425 e. The monoisotopic (exact) mass is 531 g/mol. The number of aromatic nitrogens is 2. The zero-order valence-electron chi connectivity index (χ0n) is 20.5. The van der Waals surface area contributed by atoms with E-state index in [4.69, 9.17) is 14.0 Å². The van der Waals surface area contributed by atoms with Crippen LogP contribution in [0.3, 0.4) is 0 Å². The first-order valence-corrected chi connectivity index (χ1v) is 13.2. The number of halogens is 3. The molecule has 9 nitrogen and oxygen atoms in total. The number of likely N-dealkylation sites (N-methyl/N-ethyl adjacent to an activating group) is 1. The van der Waals surface area contributed by atoms with E-state index in [9.17, 15) is 26.4 Å². The summed E-state index contributed by atoms with van der Waals surface area (Å²) in [5.74, 6) is -0.133. The number of benzene rings is 1. The Kier molecular flexibility index (Phi) is 6.39. The van der Waals surface area contributed by atoms with Crippen LogP contribution in [0.1, 0.15) is 55.2 Å². The first kappa shape index (κ1) is 26.4. The van der Waals surface area contributed by atoms with Crippen molar-refractivity contribution in [2.45, 2.75) is 61.3 Å². The van der Waals surface area contributed by atoms with Crippen molar-refractivity contribution in [3.8, 4) is 5.75 Å². The second-order valence-corrected chi connectivity index (χ2v) is 11.8. The molecule has 0 aliphatic heterocycles. The molecule has 2 aromatic rings. The van der Waals surface area contributed by atoms with Gasteiger partial charge >= 0.3 is 6.18 Å². The lowest BCUT2D eigenvalue weighted by Gasteiger charge is -2.25. The maximum absolute atomic E-state index is 13.4. The lowest BCUT2D eigenvalue weighted by molar-refractivity contribution is -0.189. The van der Waals surface area contributed by atoms with Gasteiger partial charge in [0.1, 0.15) is 11.4 Å². The normalized spacial score (nSPS) is 23.7. The molecule has 2 unspecified atom stereocenters. The standard InChI is InChI=1S/C23H28F3N3O6S/c1-13-11-21(13,19-27-20(35-28-19)22(33-4)8-9-22)12-29(3)18(30)16-10-15(36(5,31)32)6-7-17(16)34-14(2)23(24,25)26/h6-7,10,13-14H,8-9,11-12H2,1-5H3/t13?,14-,21?/m0/s1. The number of hydrogen-bond donors (Lipinski definition) is 0. The van der Waals surface area contributed by atoms with Gasteiger partial charge in [-0.05, 0) is 50.3 Å². The average molecular weight is 532 g/mol. The number of alkyl halides is 3. The first-order chi connectivity index (χ1) is 16.6. The van der Waals surface area contributed by atoms with Crippen molar-refractivity contribution < 1.29 is 40.4 Å². The molecule has 4 rings (SSSR count). The molecule has 0 saturated heterocycles. The van der Waals surface area contributed by atoms with Crippen molar-refractivity contribution in [3.05, 3.63) is 35.5 Å². The fourth-order valence-electron chi connectivity index (χ4n) is 4.29. The van der Waals surface area contributed by atoms with E-state index < -0.39 is 39.0 Å². The molecule has 1 aromatic heterocycles. The van der Waals surface area contributed by atoms with Gasteiger partial charge in [0.2, 0.25) is 0 Å². The van der Waals surface area contributed by atoms with Gasteiger partial charge in [-0.25, -0.2) is 8.42 Å². The molecule has 0 spiro atoms. The first-order valence-electron chi connectivity index (χ1n) is 11.4. The van der Waals surface area contributed by atoms with E-state index in [1.165, 1.54) is 11.9 Å². The van der Waals surface area contributed by atoms with Crippen molar-refractivity contribution in [2.75, 3.05) is 27.0 Å². The summed E-state index contributed by atoms with van der Waals surface area (Å²) in [4.78, 5) is 19.1. The third kappa shape index (κ3) is 4.82. The third-order valence-electron chi connectivity index (χ3n) is 7.05. The predicted molar refractivity (Wildman–Crippen MR) is 120 cm³/mol. The minimum absolute atomic E-state index is 0.110. The van der Waals surface area contributed by atoms with Gasteiger partial charge in [0, 0.05) is 27.0 Å². The molecule has 2 saturated carbocycles. The van der Waals surface area contributed by atoms with Gasteiger partial charge < -0.3 is 18.9 Å². The summed E-state index contributed by atoms with van der Waals surface area (Å²) in [6, 6.07) is 3.22. The molecule has 2 aliphatic carbocycles. The summed E-state index contributed by atoms with van der Waals surface area (Å²) in [5, 5.41) is 4.14. The van der Waals surface area contributed by atoms with Crippen molar-refractivity contribution in [3.63, 3.8) is 0 Å². The highest BCUT2D eigenvalue weighted by atomic mass is 32.2. The largest absolute Gasteiger partial charge is 0.480 e. The van der Waals surface area contributed by atoms with E-state index in [1.54, 1.807) is 7.11 Å². The molecule has 198 valence electrons. The molecule has 0 radical (unpaired) electrons. The Bertz CT molecular complexity index is 1270. The number of sulfone groups is 1. The van der Waals surface area contributed by atoms with Gasteiger partial charge in [-0.3, -0.25) is 4.79 Å². The Morgan fingerprint density at radius 1 is 1.33 bits per heavy atom. The SMILES string of the molecule is COC1(c2nc(C3(CN(C)C(=O)c4cc(S(C)(=O)=O)ccc4O[C@@H](C)C(F)(F)F)CC3C)no2)CC1. The maximum Gasteiger partial charge on any atom is 0.425 e. The summed E-state index contributed by atoms with van der Waals surface area (Å²) < 4.78 is 79.5. The Morgan fingerprint density at radius 2 is 1.97 bits per heavy atom. The van der Waals surface area contributed by atoms with Crippen molar-refractivity contribution in [2.24, 2.45) is 5.92 Å². The van der Waals surface area contributed by atoms with Crippen LogP contribution in [0.2, 0.25) is 0 Å². The van der Waals surface area contributed by atoms with Crippen LogP contribution in [-0.4, -0.2) is 68.6 Å². The van der Waals surface area contributed by atoms with Crippen molar-refractivity contribution in [1.82, 2.24) is 15.0 Å². The summed E-state index contributed by atoms with van der Waals surface area (Å²) in [7, 11) is -0.677. The highest BCUT2D eigenvalue weighted by Crippen LogP contribution is 2.55. The van der Waals surface area contributed by atoms with E-state index >= 15 is 0 Å². The van der Waals surface area contributed by atoms with Crippen LogP contribution in [0.25, 0.3) is 0 Å². The summed E-state index contributed by atoms with van der Waals surface area (Å²) in [5.41, 5.74) is -1.46. The molecule has 36 heavy (non-hydrogen) atoms. The van der Waals surface area contributed by atoms with E-state index in [0.717, 1.165) is 44.2 Å². The zero-order chi connectivity index (χ0) is 26.7. The topological polar surface area (TPSA) is 112 Å². The molecule has 1 aromatic carbocycles.